The Morgan fingerprint density at radius 2 is 1.21 bits per heavy atom. The van der Waals surface area contributed by atoms with Crippen molar-refractivity contribution in [2.45, 2.75) is 95.1 Å². The van der Waals surface area contributed by atoms with E-state index in [4.69, 9.17) is 44.2 Å². The summed E-state index contributed by atoms with van der Waals surface area (Å²) in [5, 5.41) is 11.4. The number of aromatic nitrogens is 8. The third kappa shape index (κ3) is 8.89. The molecule has 21 heteroatoms. The first-order valence-corrected chi connectivity index (χ1v) is 23.9. The van der Waals surface area contributed by atoms with Crippen LogP contribution in [0, 0.1) is 0 Å². The van der Waals surface area contributed by atoms with Crippen molar-refractivity contribution in [2.24, 2.45) is 0 Å². The highest BCUT2D eigenvalue weighted by Gasteiger charge is 2.49. The molecule has 7 aromatic rings. The molecule has 7 atom stereocenters. The van der Waals surface area contributed by atoms with E-state index >= 15 is 4.57 Å². The van der Waals surface area contributed by atoms with Crippen molar-refractivity contribution in [3.8, 4) is 11.5 Å². The number of anilines is 2. The number of fused-ring (bicyclic) bond motifs is 2. The van der Waals surface area contributed by atoms with Crippen LogP contribution in [0.25, 0.3) is 22.3 Å². The van der Waals surface area contributed by atoms with Crippen LogP contribution in [0.2, 0.25) is 0 Å². The van der Waals surface area contributed by atoms with Crippen LogP contribution in [-0.2, 0) is 33.4 Å². The van der Waals surface area contributed by atoms with E-state index in [1.54, 1.807) is 40.7 Å². The second-order valence-corrected chi connectivity index (χ2v) is 19.1. The molecular formula is C47H56N11O9P. The SMILES string of the molecule is COc1ccc(C(OC[C@H]2O[C@@H](n3cnc4c(N)ncnc43)C[C@@H]2OP(=O)(OC[C@H]2O[C@@H](n3cnc4c(N)ncnc43)C[C@@H]2O)N(C(C)C)C(C)C)(c2ccccc2)c2ccc(OC)cc2)cc1. The molecule has 0 bridgehead atoms. The van der Waals surface area contributed by atoms with Crippen LogP contribution < -0.4 is 20.9 Å². The Hall–Kier alpha value is -6.09. The molecule has 9 rings (SSSR count). The van der Waals surface area contributed by atoms with Crippen molar-refractivity contribution in [3.05, 3.63) is 121 Å². The fourth-order valence-corrected chi connectivity index (χ4v) is 11.6. The van der Waals surface area contributed by atoms with Gasteiger partial charge in [0.25, 0.3) is 0 Å². The number of methoxy groups -OCH3 is 2. The monoisotopic (exact) mass is 949 g/mol. The van der Waals surface area contributed by atoms with Crippen LogP contribution >= 0.6 is 7.75 Å². The minimum absolute atomic E-state index is 0.0692. The Morgan fingerprint density at radius 3 is 1.72 bits per heavy atom. The molecular weight excluding hydrogens is 894 g/mol. The summed E-state index contributed by atoms with van der Waals surface area (Å²) in [7, 11) is -1.06. The van der Waals surface area contributed by atoms with E-state index in [0.717, 1.165) is 16.7 Å². The molecule has 0 saturated carbocycles. The minimum Gasteiger partial charge on any atom is -0.497 e. The second-order valence-electron chi connectivity index (χ2n) is 17.3. The summed E-state index contributed by atoms with van der Waals surface area (Å²) in [4.78, 5) is 25.9. The number of hydrogen-bond acceptors (Lipinski definition) is 17. The van der Waals surface area contributed by atoms with E-state index in [9.17, 15) is 5.11 Å². The highest BCUT2D eigenvalue weighted by atomic mass is 31.2. The number of imidazole rings is 2. The summed E-state index contributed by atoms with van der Waals surface area (Å²) in [6.07, 6.45) is 1.13. The van der Waals surface area contributed by atoms with Crippen LogP contribution in [0.4, 0.5) is 11.6 Å². The van der Waals surface area contributed by atoms with Gasteiger partial charge in [-0.05, 0) is 68.7 Å². The number of aliphatic hydroxyl groups is 1. The normalized spacial score (nSPS) is 21.9. The molecule has 20 nitrogen and oxygen atoms in total. The Morgan fingerprint density at radius 1 is 0.706 bits per heavy atom. The van der Waals surface area contributed by atoms with Crippen LogP contribution in [-0.4, -0.2) is 113 Å². The van der Waals surface area contributed by atoms with Crippen molar-refractivity contribution in [3.63, 3.8) is 0 Å². The third-order valence-electron chi connectivity index (χ3n) is 12.4. The molecule has 0 radical (unpaired) electrons. The van der Waals surface area contributed by atoms with Gasteiger partial charge in [-0.25, -0.2) is 39.1 Å². The van der Waals surface area contributed by atoms with Gasteiger partial charge < -0.3 is 40.3 Å². The van der Waals surface area contributed by atoms with E-state index < -0.39 is 50.2 Å². The Balaban J connectivity index is 1.08. The van der Waals surface area contributed by atoms with Crippen molar-refractivity contribution in [1.29, 1.82) is 0 Å². The number of benzene rings is 3. The minimum atomic E-state index is -4.30. The van der Waals surface area contributed by atoms with Crippen molar-refractivity contribution in [2.75, 3.05) is 38.9 Å². The molecule has 358 valence electrons. The molecule has 2 aliphatic rings. The average molecular weight is 950 g/mol. The van der Waals surface area contributed by atoms with E-state index in [-0.39, 0.29) is 49.8 Å². The second kappa shape index (κ2) is 19.5. The molecule has 68 heavy (non-hydrogen) atoms. The van der Waals surface area contributed by atoms with Gasteiger partial charge in [-0.15, -0.1) is 0 Å². The van der Waals surface area contributed by atoms with Crippen LogP contribution in [0.5, 0.6) is 11.5 Å². The highest BCUT2D eigenvalue weighted by molar-refractivity contribution is 7.51. The number of nitrogens with zero attached hydrogens (tertiary/aromatic N) is 9. The predicted molar refractivity (Wildman–Crippen MR) is 251 cm³/mol. The maximum absolute atomic E-state index is 15.8. The maximum Gasteiger partial charge on any atom is 0.409 e. The fourth-order valence-electron chi connectivity index (χ4n) is 9.26. The Kier molecular flexibility index (Phi) is 13.5. The van der Waals surface area contributed by atoms with Gasteiger partial charge in [0.2, 0.25) is 0 Å². The van der Waals surface area contributed by atoms with Gasteiger partial charge in [0.1, 0.15) is 71.6 Å². The zero-order chi connectivity index (χ0) is 47.7. The molecule has 0 amide bonds. The average Bonchev–Trinajstić information content (AvgIpc) is 4.15. The zero-order valence-electron chi connectivity index (χ0n) is 38.6. The Bertz CT molecular complexity index is 2810. The van der Waals surface area contributed by atoms with E-state index in [2.05, 4.69) is 29.9 Å². The van der Waals surface area contributed by atoms with Crippen molar-refractivity contribution >= 4 is 41.7 Å². The molecule has 6 heterocycles. The Labute approximate surface area is 393 Å². The van der Waals surface area contributed by atoms with Crippen molar-refractivity contribution in [1.82, 2.24) is 43.7 Å². The van der Waals surface area contributed by atoms with Gasteiger partial charge in [0.05, 0.1) is 46.2 Å². The number of hydrogen-bond donors (Lipinski definition) is 3. The molecule has 1 unspecified atom stereocenters. The van der Waals surface area contributed by atoms with Crippen LogP contribution in [0.1, 0.15) is 69.7 Å². The maximum atomic E-state index is 15.8. The topological polar surface area (TPSA) is 244 Å². The summed E-state index contributed by atoms with van der Waals surface area (Å²) in [5.41, 5.74) is 15.2. The van der Waals surface area contributed by atoms with Crippen molar-refractivity contribution < 1.29 is 42.4 Å². The molecule has 0 aliphatic carbocycles. The third-order valence-corrected chi connectivity index (χ3v) is 14.9. The smallest absolute Gasteiger partial charge is 0.409 e. The van der Waals surface area contributed by atoms with Crippen LogP contribution in [0.3, 0.4) is 0 Å². The molecule has 3 aromatic carbocycles. The van der Waals surface area contributed by atoms with E-state index in [1.165, 1.54) is 12.7 Å². The molecule has 4 aromatic heterocycles. The van der Waals surface area contributed by atoms with Gasteiger partial charge in [-0.2, -0.15) is 0 Å². The number of nitrogens with two attached hydrogens (primary N) is 2. The number of rotatable bonds is 18. The highest BCUT2D eigenvalue weighted by Crippen LogP contribution is 2.58. The number of nitrogen functional groups attached to an aromatic ring is 2. The first-order valence-electron chi connectivity index (χ1n) is 22.4. The summed E-state index contributed by atoms with van der Waals surface area (Å²) in [6.45, 7) is 7.33. The van der Waals surface area contributed by atoms with Gasteiger partial charge in [-0.1, -0.05) is 54.6 Å². The zero-order valence-corrected chi connectivity index (χ0v) is 39.5. The van der Waals surface area contributed by atoms with E-state index in [0.29, 0.717) is 33.8 Å². The summed E-state index contributed by atoms with van der Waals surface area (Å²) < 4.78 is 66.2. The first kappa shape index (κ1) is 47.0. The largest absolute Gasteiger partial charge is 0.497 e. The summed E-state index contributed by atoms with van der Waals surface area (Å²) in [6, 6.07) is 24.7. The predicted octanol–water partition coefficient (Wildman–Crippen LogP) is 6.42. The lowest BCUT2D eigenvalue weighted by atomic mass is 9.80. The van der Waals surface area contributed by atoms with Gasteiger partial charge in [0, 0.05) is 24.9 Å². The van der Waals surface area contributed by atoms with Gasteiger partial charge >= 0.3 is 7.75 Å². The molecule has 5 N–H and O–H groups in total. The molecule has 2 fully saturated rings. The standard InChI is InChI=1S/C47H56N11O9P/c1-28(2)58(29(3)4)68(60,64-23-37-35(59)20-39(65-37)56-26-54-41-43(48)50-24-52-45(41)56)67-36-21-40(57-27-55-42-44(49)51-25-53-46(42)57)66-38(36)22-63-47(30-10-8-7-9-11-30,31-12-16-33(61-5)17-13-31)32-14-18-34(62-6)19-15-32/h7-19,24-29,35-40,59H,20-23H2,1-6H3,(H2,48,50,52)(H2,49,51,53)/t35-,36-,37+,38+,39+,40+,68?/m0/s1. The quantitative estimate of drug-likeness (QED) is 0.0620. The summed E-state index contributed by atoms with van der Waals surface area (Å²) in [5.74, 6) is 1.79. The summed E-state index contributed by atoms with van der Waals surface area (Å²) >= 11 is 0. The molecule has 2 aliphatic heterocycles. The number of ether oxygens (including phenoxy) is 5. The van der Waals surface area contributed by atoms with E-state index in [1.807, 2.05) is 107 Å². The lowest BCUT2D eigenvalue weighted by molar-refractivity contribution is -0.0937. The lowest BCUT2D eigenvalue weighted by Crippen LogP contribution is -2.41. The fraction of sp³-hybridized carbons (Fsp3) is 0.404. The number of aliphatic hydroxyl groups excluding tert-OH is 1. The van der Waals surface area contributed by atoms with Gasteiger partial charge in [-0.3, -0.25) is 18.2 Å². The van der Waals surface area contributed by atoms with Gasteiger partial charge in [0.15, 0.2) is 22.9 Å². The van der Waals surface area contributed by atoms with Crippen LogP contribution in [0.15, 0.2) is 104 Å². The first-order chi connectivity index (χ1) is 32.8. The molecule has 0 spiro atoms. The lowest BCUT2D eigenvalue weighted by Gasteiger charge is -2.39. The molecule has 2 saturated heterocycles.